The van der Waals surface area contributed by atoms with E-state index in [0.29, 0.717) is 12.4 Å². The smallest absolute Gasteiger partial charge is 0.226 e. The van der Waals surface area contributed by atoms with E-state index >= 15 is 0 Å². The van der Waals surface area contributed by atoms with Crippen molar-refractivity contribution in [2.24, 2.45) is 4.99 Å². The van der Waals surface area contributed by atoms with E-state index < -0.39 is 0 Å². The second-order valence-electron chi connectivity index (χ2n) is 6.66. The van der Waals surface area contributed by atoms with Gasteiger partial charge in [-0.3, -0.25) is 9.89 Å². The van der Waals surface area contributed by atoms with Crippen LogP contribution >= 0.6 is 0 Å². The number of nitrogens with one attached hydrogen (secondary N) is 1. The molecule has 1 aliphatic heterocycles. The summed E-state index contributed by atoms with van der Waals surface area (Å²) in [6, 6.07) is 11.8. The lowest BCUT2D eigenvalue weighted by Gasteiger charge is -2.36. The van der Waals surface area contributed by atoms with Crippen molar-refractivity contribution in [3.05, 3.63) is 60.3 Å². The molecule has 0 amide bonds. The van der Waals surface area contributed by atoms with Gasteiger partial charge in [0.15, 0.2) is 5.96 Å². The average Bonchev–Trinajstić information content (AvgIpc) is 3.42. The molecule has 28 heavy (non-hydrogen) atoms. The SMILES string of the molecule is CN=C(NCc1coc(-c2ccccc2)n1)N1CCN(Cc2ccon2)CC1. The minimum absolute atomic E-state index is 0.572. The summed E-state index contributed by atoms with van der Waals surface area (Å²) in [5, 5.41) is 7.37. The van der Waals surface area contributed by atoms with Crippen LogP contribution in [0.4, 0.5) is 0 Å². The van der Waals surface area contributed by atoms with Crippen molar-refractivity contribution in [2.45, 2.75) is 13.1 Å². The molecule has 1 aromatic carbocycles. The second-order valence-corrected chi connectivity index (χ2v) is 6.66. The van der Waals surface area contributed by atoms with Crippen molar-refractivity contribution in [1.29, 1.82) is 0 Å². The number of nitrogens with zero attached hydrogens (tertiary/aromatic N) is 5. The maximum atomic E-state index is 5.60. The minimum atomic E-state index is 0.572. The molecule has 1 N–H and O–H groups in total. The first-order valence-corrected chi connectivity index (χ1v) is 9.39. The van der Waals surface area contributed by atoms with Crippen LogP contribution in [0.25, 0.3) is 11.5 Å². The molecule has 8 heteroatoms. The molecular weight excluding hydrogens is 356 g/mol. The summed E-state index contributed by atoms with van der Waals surface area (Å²) in [5.41, 5.74) is 2.79. The number of hydrogen-bond donors (Lipinski definition) is 1. The van der Waals surface area contributed by atoms with Gasteiger partial charge in [-0.2, -0.15) is 0 Å². The van der Waals surface area contributed by atoms with Gasteiger partial charge in [0.25, 0.3) is 0 Å². The Labute approximate surface area is 163 Å². The second kappa shape index (κ2) is 8.71. The van der Waals surface area contributed by atoms with Gasteiger partial charge >= 0.3 is 0 Å². The lowest BCUT2D eigenvalue weighted by molar-refractivity contribution is 0.169. The Hall–Kier alpha value is -3.13. The van der Waals surface area contributed by atoms with E-state index in [1.165, 1.54) is 0 Å². The van der Waals surface area contributed by atoms with E-state index in [2.05, 4.69) is 30.2 Å². The fourth-order valence-corrected chi connectivity index (χ4v) is 3.27. The molecule has 0 radical (unpaired) electrons. The highest BCUT2D eigenvalue weighted by atomic mass is 16.5. The lowest BCUT2D eigenvalue weighted by Crippen LogP contribution is -2.52. The van der Waals surface area contributed by atoms with Crippen LogP contribution in [0.5, 0.6) is 0 Å². The molecule has 146 valence electrons. The Morgan fingerprint density at radius 2 is 1.93 bits per heavy atom. The summed E-state index contributed by atoms with van der Waals surface area (Å²) in [5.74, 6) is 1.51. The zero-order valence-electron chi connectivity index (χ0n) is 15.9. The first-order valence-electron chi connectivity index (χ1n) is 9.39. The molecule has 0 atom stereocenters. The maximum absolute atomic E-state index is 5.60. The first-order chi connectivity index (χ1) is 13.8. The van der Waals surface area contributed by atoms with E-state index in [4.69, 9.17) is 8.94 Å². The summed E-state index contributed by atoms with van der Waals surface area (Å²) < 4.78 is 10.5. The predicted octanol–water partition coefficient (Wildman–Crippen LogP) is 2.22. The Morgan fingerprint density at radius 1 is 1.11 bits per heavy atom. The number of benzene rings is 1. The molecule has 8 nitrogen and oxygen atoms in total. The third-order valence-electron chi connectivity index (χ3n) is 4.76. The van der Waals surface area contributed by atoms with Crippen molar-refractivity contribution in [3.63, 3.8) is 0 Å². The van der Waals surface area contributed by atoms with Crippen molar-refractivity contribution >= 4 is 5.96 Å². The van der Waals surface area contributed by atoms with Gasteiger partial charge in [-0.05, 0) is 12.1 Å². The fraction of sp³-hybridized carbons (Fsp3) is 0.350. The number of piperazine rings is 1. The molecule has 0 aliphatic carbocycles. The molecule has 0 saturated carbocycles. The average molecular weight is 380 g/mol. The van der Waals surface area contributed by atoms with Crippen LogP contribution in [0.3, 0.4) is 0 Å². The van der Waals surface area contributed by atoms with Crippen LogP contribution in [0.15, 0.2) is 62.9 Å². The summed E-state index contributed by atoms with van der Waals surface area (Å²) in [6.07, 6.45) is 3.31. The van der Waals surface area contributed by atoms with Gasteiger partial charge in [0.2, 0.25) is 5.89 Å². The molecule has 4 rings (SSSR count). The number of hydrogen-bond acceptors (Lipinski definition) is 6. The number of guanidine groups is 1. The zero-order valence-corrected chi connectivity index (χ0v) is 15.9. The van der Waals surface area contributed by atoms with Gasteiger partial charge in [-0.1, -0.05) is 23.4 Å². The molecule has 0 bridgehead atoms. The Balaban J connectivity index is 1.28. The molecule has 1 saturated heterocycles. The van der Waals surface area contributed by atoms with Crippen molar-refractivity contribution < 1.29 is 8.94 Å². The molecule has 0 unspecified atom stereocenters. The highest BCUT2D eigenvalue weighted by molar-refractivity contribution is 5.80. The number of oxazole rings is 1. The van der Waals surface area contributed by atoms with Crippen molar-refractivity contribution in [3.8, 4) is 11.5 Å². The highest BCUT2D eigenvalue weighted by Gasteiger charge is 2.20. The van der Waals surface area contributed by atoms with E-state index in [0.717, 1.165) is 55.6 Å². The number of rotatable bonds is 5. The molecule has 2 aromatic heterocycles. The lowest BCUT2D eigenvalue weighted by atomic mass is 10.2. The van der Waals surface area contributed by atoms with Gasteiger partial charge in [0.1, 0.15) is 12.5 Å². The molecule has 3 aromatic rings. The van der Waals surface area contributed by atoms with Crippen LogP contribution in [0.2, 0.25) is 0 Å². The first kappa shape index (κ1) is 18.2. The Morgan fingerprint density at radius 3 is 2.64 bits per heavy atom. The fourth-order valence-electron chi connectivity index (χ4n) is 3.27. The predicted molar refractivity (Wildman–Crippen MR) is 105 cm³/mol. The highest BCUT2D eigenvalue weighted by Crippen LogP contribution is 2.17. The third-order valence-corrected chi connectivity index (χ3v) is 4.76. The Kier molecular flexibility index (Phi) is 5.67. The quantitative estimate of drug-likeness (QED) is 0.537. The van der Waals surface area contributed by atoms with Crippen LogP contribution in [0, 0.1) is 0 Å². The maximum Gasteiger partial charge on any atom is 0.226 e. The van der Waals surface area contributed by atoms with Crippen molar-refractivity contribution in [2.75, 3.05) is 33.2 Å². The standard InChI is InChI=1S/C20H24N6O2/c1-21-20(26-10-8-25(9-11-26)14-17-7-12-28-24-17)22-13-18-15-27-19(23-18)16-5-3-2-4-6-16/h2-7,12,15H,8-11,13-14H2,1H3,(H,21,22). The molecule has 0 spiro atoms. The van der Waals surface area contributed by atoms with Crippen LogP contribution in [-0.2, 0) is 13.1 Å². The Bertz CT molecular complexity index is 883. The van der Waals surface area contributed by atoms with E-state index in [1.54, 1.807) is 12.5 Å². The molecule has 3 heterocycles. The van der Waals surface area contributed by atoms with Gasteiger partial charge < -0.3 is 19.2 Å². The van der Waals surface area contributed by atoms with E-state index in [9.17, 15) is 0 Å². The summed E-state index contributed by atoms with van der Waals surface area (Å²) in [4.78, 5) is 13.6. The van der Waals surface area contributed by atoms with Gasteiger partial charge in [0, 0.05) is 51.4 Å². The summed E-state index contributed by atoms with van der Waals surface area (Å²) in [7, 11) is 1.81. The van der Waals surface area contributed by atoms with Crippen LogP contribution in [0.1, 0.15) is 11.4 Å². The largest absolute Gasteiger partial charge is 0.444 e. The van der Waals surface area contributed by atoms with Crippen molar-refractivity contribution in [1.82, 2.24) is 25.3 Å². The van der Waals surface area contributed by atoms with Crippen LogP contribution in [-0.4, -0.2) is 59.1 Å². The minimum Gasteiger partial charge on any atom is -0.444 e. The van der Waals surface area contributed by atoms with Crippen LogP contribution < -0.4 is 5.32 Å². The molecule has 1 aliphatic rings. The van der Waals surface area contributed by atoms with E-state index in [1.807, 2.05) is 43.4 Å². The van der Waals surface area contributed by atoms with Gasteiger partial charge in [-0.15, -0.1) is 0 Å². The normalized spacial score (nSPS) is 15.8. The third kappa shape index (κ3) is 4.40. The zero-order chi connectivity index (χ0) is 19.2. The molecule has 1 fully saturated rings. The van der Waals surface area contributed by atoms with E-state index in [-0.39, 0.29) is 0 Å². The van der Waals surface area contributed by atoms with Gasteiger partial charge in [0.05, 0.1) is 17.9 Å². The summed E-state index contributed by atoms with van der Waals surface area (Å²) in [6.45, 7) is 5.11. The monoisotopic (exact) mass is 380 g/mol. The van der Waals surface area contributed by atoms with Gasteiger partial charge in [-0.25, -0.2) is 4.98 Å². The molecular formula is C20H24N6O2. The number of aliphatic imine (C=N–C) groups is 1. The summed E-state index contributed by atoms with van der Waals surface area (Å²) >= 11 is 0. The topological polar surface area (TPSA) is 82.9 Å². The number of aromatic nitrogens is 2.